The Kier molecular flexibility index (Phi) is 3.38. The Morgan fingerprint density at radius 1 is 1.45 bits per heavy atom. The number of hydrogen-bond donors (Lipinski definition) is 1. The molecule has 1 fully saturated rings. The van der Waals surface area contributed by atoms with Crippen molar-refractivity contribution < 1.29 is 4.39 Å². The number of nitrogen functional groups attached to an aromatic ring is 1. The van der Waals surface area contributed by atoms with Crippen molar-refractivity contribution in [3.63, 3.8) is 0 Å². The largest absolute Gasteiger partial charge is 0.369 e. The summed E-state index contributed by atoms with van der Waals surface area (Å²) in [6.45, 7) is 7.46. The number of rotatable bonds is 3. The quantitative estimate of drug-likeness (QED) is 0.937. The highest BCUT2D eigenvalue weighted by molar-refractivity contribution is 5.78. The molecule has 3 rings (SSSR count). The van der Waals surface area contributed by atoms with Gasteiger partial charge in [-0.3, -0.25) is 0 Å². The van der Waals surface area contributed by atoms with Gasteiger partial charge in [-0.05, 0) is 44.9 Å². The maximum atomic E-state index is 13.7. The molecule has 1 unspecified atom stereocenters. The van der Waals surface area contributed by atoms with Crippen LogP contribution in [0.2, 0.25) is 0 Å². The zero-order valence-electron chi connectivity index (χ0n) is 12.0. The van der Waals surface area contributed by atoms with E-state index in [1.807, 2.05) is 10.6 Å². The lowest BCUT2D eigenvalue weighted by molar-refractivity contribution is 0.261. The predicted octanol–water partition coefficient (Wildman–Crippen LogP) is 2.49. The molecular formula is C15H21FN4. The second kappa shape index (κ2) is 5.05. The number of nitrogens with two attached hydrogens (primary N) is 1. The van der Waals surface area contributed by atoms with Crippen LogP contribution < -0.4 is 5.73 Å². The Bertz CT molecular complexity index is 620. The maximum absolute atomic E-state index is 13.7. The van der Waals surface area contributed by atoms with E-state index < -0.39 is 0 Å². The van der Waals surface area contributed by atoms with Gasteiger partial charge in [0.25, 0.3) is 0 Å². The first kappa shape index (κ1) is 13.4. The lowest BCUT2D eigenvalue weighted by Gasteiger charge is -2.20. The van der Waals surface area contributed by atoms with Crippen LogP contribution in [0.4, 0.5) is 10.3 Å². The SMILES string of the molecule is CC(C)N1CCC(Cn2c(N)nc3c(F)cccc32)C1. The molecule has 1 atom stereocenters. The smallest absolute Gasteiger partial charge is 0.201 e. The standard InChI is InChI=1S/C15H21FN4/c1-10(2)19-7-6-11(8-19)9-20-13-5-3-4-12(16)14(13)18-15(20)17/h3-5,10-11H,6-9H2,1-2H3,(H2,17,18). The Labute approximate surface area is 118 Å². The van der Waals surface area contributed by atoms with Crippen molar-refractivity contribution in [1.29, 1.82) is 0 Å². The summed E-state index contributed by atoms with van der Waals surface area (Å²) in [4.78, 5) is 6.63. The topological polar surface area (TPSA) is 47.1 Å². The second-order valence-corrected chi connectivity index (χ2v) is 5.93. The normalized spacial score (nSPS) is 20.3. The lowest BCUT2D eigenvalue weighted by Crippen LogP contribution is -2.28. The van der Waals surface area contributed by atoms with E-state index in [2.05, 4.69) is 23.7 Å². The third-order valence-electron chi connectivity index (χ3n) is 4.25. The van der Waals surface area contributed by atoms with Gasteiger partial charge in [0, 0.05) is 19.1 Å². The molecule has 0 aliphatic carbocycles. The highest BCUT2D eigenvalue weighted by Gasteiger charge is 2.25. The zero-order chi connectivity index (χ0) is 14.3. The van der Waals surface area contributed by atoms with E-state index in [4.69, 9.17) is 5.73 Å². The minimum Gasteiger partial charge on any atom is -0.369 e. The lowest BCUT2D eigenvalue weighted by atomic mass is 10.1. The van der Waals surface area contributed by atoms with E-state index in [9.17, 15) is 4.39 Å². The van der Waals surface area contributed by atoms with E-state index in [0.29, 0.717) is 23.4 Å². The van der Waals surface area contributed by atoms with E-state index in [1.165, 1.54) is 6.07 Å². The third-order valence-corrected chi connectivity index (χ3v) is 4.25. The highest BCUT2D eigenvalue weighted by atomic mass is 19.1. The number of imidazole rings is 1. The maximum Gasteiger partial charge on any atom is 0.201 e. The van der Waals surface area contributed by atoms with Crippen molar-refractivity contribution in [2.45, 2.75) is 32.9 Å². The summed E-state index contributed by atoms with van der Waals surface area (Å²) in [5, 5.41) is 0. The van der Waals surface area contributed by atoms with Gasteiger partial charge in [-0.15, -0.1) is 0 Å². The predicted molar refractivity (Wildman–Crippen MR) is 78.9 cm³/mol. The molecule has 2 N–H and O–H groups in total. The van der Waals surface area contributed by atoms with Gasteiger partial charge in [0.1, 0.15) is 5.52 Å². The van der Waals surface area contributed by atoms with E-state index >= 15 is 0 Å². The van der Waals surface area contributed by atoms with Crippen molar-refractivity contribution >= 4 is 17.0 Å². The second-order valence-electron chi connectivity index (χ2n) is 5.93. The number of para-hydroxylation sites is 1. The van der Waals surface area contributed by atoms with Gasteiger partial charge in [-0.25, -0.2) is 9.37 Å². The molecule has 1 saturated heterocycles. The van der Waals surface area contributed by atoms with Crippen LogP contribution in [0.1, 0.15) is 20.3 Å². The van der Waals surface area contributed by atoms with Gasteiger partial charge in [-0.2, -0.15) is 0 Å². The molecule has 1 aliphatic rings. The molecule has 1 aromatic heterocycles. The van der Waals surface area contributed by atoms with Crippen molar-refractivity contribution in [2.24, 2.45) is 5.92 Å². The van der Waals surface area contributed by atoms with Crippen LogP contribution in [0.5, 0.6) is 0 Å². The number of halogens is 1. The molecule has 0 bridgehead atoms. The summed E-state index contributed by atoms with van der Waals surface area (Å²) in [6, 6.07) is 5.60. The molecule has 0 amide bonds. The van der Waals surface area contributed by atoms with Crippen LogP contribution in [0.15, 0.2) is 18.2 Å². The highest BCUT2D eigenvalue weighted by Crippen LogP contribution is 2.25. The van der Waals surface area contributed by atoms with Crippen LogP contribution in [0, 0.1) is 11.7 Å². The van der Waals surface area contributed by atoms with Gasteiger partial charge in [0.05, 0.1) is 5.52 Å². The molecular weight excluding hydrogens is 255 g/mol. The Balaban J connectivity index is 1.85. The van der Waals surface area contributed by atoms with Crippen LogP contribution in [-0.2, 0) is 6.54 Å². The molecule has 1 aromatic carbocycles. The van der Waals surface area contributed by atoms with E-state index in [-0.39, 0.29) is 5.82 Å². The number of benzene rings is 1. The first-order valence-electron chi connectivity index (χ1n) is 7.20. The summed E-state index contributed by atoms with van der Waals surface area (Å²) in [5.41, 5.74) is 7.14. The number of nitrogens with zero attached hydrogens (tertiary/aromatic N) is 3. The number of hydrogen-bond acceptors (Lipinski definition) is 3. The molecule has 20 heavy (non-hydrogen) atoms. The number of anilines is 1. The van der Waals surface area contributed by atoms with Crippen LogP contribution in [0.3, 0.4) is 0 Å². The van der Waals surface area contributed by atoms with E-state index in [0.717, 1.165) is 31.6 Å². The van der Waals surface area contributed by atoms with E-state index in [1.54, 1.807) is 6.07 Å². The first-order valence-corrected chi connectivity index (χ1v) is 7.20. The Morgan fingerprint density at radius 3 is 2.95 bits per heavy atom. The molecule has 0 spiro atoms. The summed E-state index contributed by atoms with van der Waals surface area (Å²) >= 11 is 0. The molecule has 4 nitrogen and oxygen atoms in total. The molecule has 2 heterocycles. The fourth-order valence-corrected chi connectivity index (χ4v) is 3.06. The Morgan fingerprint density at radius 2 is 2.25 bits per heavy atom. The first-order chi connectivity index (χ1) is 9.56. The molecule has 0 radical (unpaired) electrons. The molecule has 108 valence electrons. The average molecular weight is 276 g/mol. The molecule has 5 heteroatoms. The minimum atomic E-state index is -0.303. The average Bonchev–Trinajstić information content (AvgIpc) is 2.98. The van der Waals surface area contributed by atoms with Crippen LogP contribution >= 0.6 is 0 Å². The number of likely N-dealkylation sites (tertiary alicyclic amines) is 1. The van der Waals surface area contributed by atoms with Crippen molar-refractivity contribution in [3.8, 4) is 0 Å². The molecule has 1 aliphatic heterocycles. The molecule has 2 aromatic rings. The monoisotopic (exact) mass is 276 g/mol. The third kappa shape index (κ3) is 2.26. The van der Waals surface area contributed by atoms with Crippen LogP contribution in [-0.4, -0.2) is 33.6 Å². The number of fused-ring (bicyclic) bond motifs is 1. The number of aromatic nitrogens is 2. The summed E-state index contributed by atoms with van der Waals surface area (Å²) < 4.78 is 15.7. The fourth-order valence-electron chi connectivity index (χ4n) is 3.06. The van der Waals surface area contributed by atoms with Crippen molar-refractivity contribution in [3.05, 3.63) is 24.0 Å². The van der Waals surface area contributed by atoms with Crippen molar-refractivity contribution in [2.75, 3.05) is 18.8 Å². The van der Waals surface area contributed by atoms with Gasteiger partial charge >= 0.3 is 0 Å². The fraction of sp³-hybridized carbons (Fsp3) is 0.533. The molecule has 0 saturated carbocycles. The summed E-state index contributed by atoms with van der Waals surface area (Å²) in [5.74, 6) is 0.664. The minimum absolute atomic E-state index is 0.303. The van der Waals surface area contributed by atoms with Crippen molar-refractivity contribution in [1.82, 2.24) is 14.5 Å². The van der Waals surface area contributed by atoms with Gasteiger partial charge in [0.2, 0.25) is 5.95 Å². The zero-order valence-corrected chi connectivity index (χ0v) is 12.0. The Hall–Kier alpha value is -1.62. The summed E-state index contributed by atoms with van der Waals surface area (Å²) in [7, 11) is 0. The van der Waals surface area contributed by atoms with Crippen LogP contribution in [0.25, 0.3) is 11.0 Å². The van der Waals surface area contributed by atoms with Gasteiger partial charge < -0.3 is 15.2 Å². The van der Waals surface area contributed by atoms with Gasteiger partial charge in [-0.1, -0.05) is 6.07 Å². The van der Waals surface area contributed by atoms with Gasteiger partial charge in [0.15, 0.2) is 5.82 Å². The summed E-state index contributed by atoms with van der Waals surface area (Å²) in [6.07, 6.45) is 1.16.